The van der Waals surface area contributed by atoms with Crippen molar-refractivity contribution in [1.29, 1.82) is 0 Å². The molecule has 6 heterocycles. The van der Waals surface area contributed by atoms with Crippen LogP contribution in [-0.2, 0) is 33.1 Å². The number of fused-ring (bicyclic) bond motifs is 10. The summed E-state index contributed by atoms with van der Waals surface area (Å²) in [5.74, 6) is 0. The first kappa shape index (κ1) is 41.9. The third-order valence-corrected chi connectivity index (χ3v) is 17.0. The van der Waals surface area contributed by atoms with E-state index in [-0.39, 0.29) is 0 Å². The molecule has 66 heavy (non-hydrogen) atoms. The van der Waals surface area contributed by atoms with E-state index in [9.17, 15) is 16.8 Å². The van der Waals surface area contributed by atoms with Gasteiger partial charge in [0.25, 0.3) is 0 Å². The Morgan fingerprint density at radius 2 is 0.758 bits per heavy atom. The molecule has 0 N–H and O–H groups in total. The number of para-hydroxylation sites is 4. The minimum atomic E-state index is -3.64. The second-order valence-electron chi connectivity index (χ2n) is 17.6. The highest BCUT2D eigenvalue weighted by Gasteiger charge is 2.30. The summed E-state index contributed by atoms with van der Waals surface area (Å²) < 4.78 is 62.3. The lowest BCUT2D eigenvalue weighted by atomic mass is 9.99. The third kappa shape index (κ3) is 6.78. The lowest BCUT2D eigenvalue weighted by Gasteiger charge is -2.24. The van der Waals surface area contributed by atoms with Crippen molar-refractivity contribution in [3.8, 4) is 0 Å². The van der Waals surface area contributed by atoms with Crippen molar-refractivity contribution in [3.63, 3.8) is 0 Å². The number of nitrogens with zero attached hydrogens (tertiary/aromatic N) is 4. The number of aromatic nitrogens is 2. The van der Waals surface area contributed by atoms with E-state index in [1.807, 2.05) is 62.4 Å². The van der Waals surface area contributed by atoms with Crippen LogP contribution < -0.4 is 0 Å². The predicted octanol–water partition coefficient (Wildman–Crippen LogP) is 12.3. The molecule has 2 aliphatic heterocycles. The Morgan fingerprint density at radius 3 is 1.15 bits per heavy atom. The van der Waals surface area contributed by atoms with E-state index in [0.29, 0.717) is 36.0 Å². The monoisotopic (exact) mass is 904 g/mol. The summed E-state index contributed by atoms with van der Waals surface area (Å²) in [6.45, 7) is 9.40. The zero-order valence-electron chi connectivity index (χ0n) is 37.2. The van der Waals surface area contributed by atoms with Crippen LogP contribution in [0.1, 0.15) is 47.2 Å². The summed E-state index contributed by atoms with van der Waals surface area (Å²) in [5.41, 5.74) is 15.4. The van der Waals surface area contributed by atoms with Crippen molar-refractivity contribution < 1.29 is 16.8 Å². The van der Waals surface area contributed by atoms with Crippen LogP contribution in [0.15, 0.2) is 180 Å². The van der Waals surface area contributed by atoms with E-state index >= 15 is 0 Å². The summed E-state index contributed by atoms with van der Waals surface area (Å²) in [6.07, 6.45) is 4.09. The van der Waals surface area contributed by atoms with Gasteiger partial charge >= 0.3 is 0 Å². The maximum Gasteiger partial charge on any atom is 0.243 e. The summed E-state index contributed by atoms with van der Waals surface area (Å²) >= 11 is 0. The molecule has 0 saturated carbocycles. The van der Waals surface area contributed by atoms with Crippen LogP contribution >= 0.6 is 0 Å². The minimum Gasteiger partial charge on any atom is -0.308 e. The molecule has 4 aromatic heterocycles. The number of hydrogen-bond acceptors (Lipinski definition) is 4. The summed E-state index contributed by atoms with van der Waals surface area (Å²) in [7, 11) is -7.29. The smallest absolute Gasteiger partial charge is 0.243 e. The zero-order chi connectivity index (χ0) is 45.5. The highest BCUT2D eigenvalue weighted by atomic mass is 32.2. The van der Waals surface area contributed by atoms with Gasteiger partial charge in [-0.3, -0.25) is 0 Å². The minimum absolute atomic E-state index is 0.317. The van der Waals surface area contributed by atoms with Crippen molar-refractivity contribution in [3.05, 3.63) is 203 Å². The van der Waals surface area contributed by atoms with E-state index in [1.54, 1.807) is 32.9 Å². The lowest BCUT2D eigenvalue weighted by molar-refractivity contribution is 0.438. The quantitative estimate of drug-likeness (QED) is 0.176. The molecular weight excluding hydrogens is 857 g/mol. The Balaban J connectivity index is 0.000000146. The Bertz CT molecular complexity index is 3640. The van der Waals surface area contributed by atoms with Crippen molar-refractivity contribution in [1.82, 2.24) is 17.4 Å². The highest BCUT2D eigenvalue weighted by Crippen LogP contribution is 2.41. The fourth-order valence-electron chi connectivity index (χ4n) is 10.0. The van der Waals surface area contributed by atoms with Gasteiger partial charge in [0.05, 0.1) is 42.9 Å². The molecular formula is C56H48N4O4S2. The molecule has 10 heteroatoms. The summed E-state index contributed by atoms with van der Waals surface area (Å²) in [4.78, 5) is 0.662. The topological polar surface area (TPSA) is 83.6 Å². The molecule has 8 nitrogen and oxygen atoms in total. The molecule has 0 spiro atoms. The van der Waals surface area contributed by atoms with E-state index in [1.165, 1.54) is 21.9 Å². The first-order valence-electron chi connectivity index (χ1n) is 22.3. The van der Waals surface area contributed by atoms with Gasteiger partial charge in [0.15, 0.2) is 0 Å². The Hall–Kier alpha value is -6.82. The zero-order valence-corrected chi connectivity index (χ0v) is 38.9. The number of sulfonamides is 2. The van der Waals surface area contributed by atoms with Crippen LogP contribution in [0.5, 0.6) is 0 Å². The average molecular weight is 905 g/mol. The highest BCUT2D eigenvalue weighted by molar-refractivity contribution is 7.89. The van der Waals surface area contributed by atoms with Gasteiger partial charge in [-0.2, -0.15) is 8.61 Å². The van der Waals surface area contributed by atoms with E-state index < -0.39 is 20.0 Å². The normalized spacial score (nSPS) is 16.6. The van der Waals surface area contributed by atoms with Crippen molar-refractivity contribution in [2.75, 3.05) is 13.1 Å². The summed E-state index contributed by atoms with van der Waals surface area (Å²) in [5, 5.41) is 4.58. The van der Waals surface area contributed by atoms with Gasteiger partial charge in [-0.1, -0.05) is 120 Å². The second kappa shape index (κ2) is 16.0. The first-order valence-corrected chi connectivity index (χ1v) is 25.1. The Morgan fingerprint density at radius 1 is 0.409 bits per heavy atom. The van der Waals surface area contributed by atoms with Crippen molar-refractivity contribution in [2.24, 2.45) is 0 Å². The molecule has 0 bridgehead atoms. The van der Waals surface area contributed by atoms with Gasteiger partial charge in [-0.15, -0.1) is 0 Å². The van der Waals surface area contributed by atoms with Crippen LogP contribution in [-0.4, -0.2) is 47.3 Å². The second-order valence-corrected chi connectivity index (χ2v) is 21.5. The molecule has 12 rings (SSSR count). The number of benzene rings is 6. The maximum absolute atomic E-state index is 13.6. The number of allylic oxidation sites excluding steroid dienone is 2. The molecule has 328 valence electrons. The molecule has 0 saturated heterocycles. The number of hydrogen-bond donors (Lipinski definition) is 0. The molecule has 0 aliphatic carbocycles. The largest absolute Gasteiger partial charge is 0.308 e. The maximum atomic E-state index is 13.6. The number of rotatable bonds is 4. The molecule has 10 aromatic rings. The van der Waals surface area contributed by atoms with Crippen LogP contribution in [0.2, 0.25) is 0 Å². The third-order valence-electron chi connectivity index (χ3n) is 13.4. The SMILES string of the molecule is C/C1=C/CN(S(=O)(=O)c2ccc(C)cc2)Cc2cc3ccccc3n3c2c1c1ccccc13.C/C1=C/CN(S(=O)(=O)c2ccc(C)cc2)Cc2cc3ccccc3n3c2c1c1ccccc13. The van der Waals surface area contributed by atoms with Gasteiger partial charge in [0.1, 0.15) is 0 Å². The number of aryl methyl sites for hydroxylation is 2. The first-order chi connectivity index (χ1) is 31.9. The molecule has 0 amide bonds. The van der Waals surface area contributed by atoms with Crippen LogP contribution in [0.3, 0.4) is 0 Å². The molecule has 0 fully saturated rings. The number of pyridine rings is 2. The van der Waals surface area contributed by atoms with E-state index in [2.05, 4.69) is 120 Å². The molecule has 0 radical (unpaired) electrons. The lowest BCUT2D eigenvalue weighted by Crippen LogP contribution is -2.31. The summed E-state index contributed by atoms with van der Waals surface area (Å²) in [6, 6.07) is 52.0. The standard InChI is InChI=1S/2C28H24N2O2S/c2*1-19-11-13-23(14-12-19)33(31,32)29-16-15-20(2)27-24-8-4-6-10-26(24)30-25-9-5-3-7-21(25)17-22(18-29)28(27)30/h2*3-15,17H,16,18H2,1-2H3/b2*20-15-. The average Bonchev–Trinajstić information content (AvgIpc) is 3.86. The van der Waals surface area contributed by atoms with Crippen LogP contribution in [0.25, 0.3) is 65.8 Å². The van der Waals surface area contributed by atoms with Crippen LogP contribution in [0.4, 0.5) is 0 Å². The fraction of sp³-hybridized carbons (Fsp3) is 0.143. The van der Waals surface area contributed by atoms with Gasteiger partial charge in [0.2, 0.25) is 20.0 Å². The van der Waals surface area contributed by atoms with Crippen molar-refractivity contribution >= 4 is 85.8 Å². The Kier molecular flexibility index (Phi) is 10.1. The molecule has 0 unspecified atom stereocenters. The Labute approximate surface area is 385 Å². The molecule has 0 atom stereocenters. The fourth-order valence-corrected chi connectivity index (χ4v) is 12.8. The van der Waals surface area contributed by atoms with Gasteiger partial charge in [0, 0.05) is 48.1 Å². The van der Waals surface area contributed by atoms with Gasteiger partial charge < -0.3 is 8.80 Å². The van der Waals surface area contributed by atoms with Crippen LogP contribution in [0, 0.1) is 13.8 Å². The van der Waals surface area contributed by atoms with Gasteiger partial charge in [-0.25, -0.2) is 16.8 Å². The van der Waals surface area contributed by atoms with Gasteiger partial charge in [-0.05, 0) is 121 Å². The molecule has 6 aromatic carbocycles. The molecule has 2 aliphatic rings. The predicted molar refractivity (Wildman–Crippen MR) is 270 cm³/mol. The van der Waals surface area contributed by atoms with E-state index in [4.69, 9.17) is 0 Å². The van der Waals surface area contributed by atoms with E-state index in [0.717, 1.165) is 77.3 Å². The van der Waals surface area contributed by atoms with Crippen molar-refractivity contribution in [2.45, 2.75) is 50.6 Å².